The quantitative estimate of drug-likeness (QED) is 0.742. The summed E-state index contributed by atoms with van der Waals surface area (Å²) in [4.78, 5) is 26.9. The minimum absolute atomic E-state index is 0.0169. The lowest BCUT2D eigenvalue weighted by Crippen LogP contribution is -2.51. The standard InChI is InChI=1S/C20H32N4O5S/c1-13(2)20(26)23-10-7-17(8-11-23)21-19(25)16-6-5-9-24(12-16)30(27,28)18-14(3)22-29-15(18)4/h13,16-17H,5-12H2,1-4H3,(H,21,25). The van der Waals surface area contributed by atoms with Crippen LogP contribution in [0.1, 0.15) is 51.0 Å². The summed E-state index contributed by atoms with van der Waals surface area (Å²) < 4.78 is 32.5. The van der Waals surface area contributed by atoms with E-state index in [1.54, 1.807) is 13.8 Å². The summed E-state index contributed by atoms with van der Waals surface area (Å²) in [6.07, 6.45) is 2.72. The van der Waals surface area contributed by atoms with Crippen LogP contribution in [0.5, 0.6) is 0 Å². The van der Waals surface area contributed by atoms with Crippen LogP contribution in [-0.2, 0) is 19.6 Å². The van der Waals surface area contributed by atoms with Crippen molar-refractivity contribution in [1.29, 1.82) is 0 Å². The normalized spacial score (nSPS) is 21.8. The topological polar surface area (TPSA) is 113 Å². The van der Waals surface area contributed by atoms with Gasteiger partial charge in [0.1, 0.15) is 10.6 Å². The van der Waals surface area contributed by atoms with E-state index < -0.39 is 10.0 Å². The summed E-state index contributed by atoms with van der Waals surface area (Å²) in [5, 5.41) is 6.83. The molecule has 1 unspecified atom stereocenters. The maximum absolute atomic E-state index is 13.1. The largest absolute Gasteiger partial charge is 0.360 e. The molecular weight excluding hydrogens is 408 g/mol. The van der Waals surface area contributed by atoms with Crippen molar-refractivity contribution in [3.8, 4) is 0 Å². The van der Waals surface area contributed by atoms with E-state index in [2.05, 4.69) is 10.5 Å². The van der Waals surface area contributed by atoms with Gasteiger partial charge in [0.2, 0.25) is 21.8 Å². The van der Waals surface area contributed by atoms with E-state index in [1.807, 2.05) is 18.7 Å². The van der Waals surface area contributed by atoms with E-state index in [0.29, 0.717) is 38.2 Å². The lowest BCUT2D eigenvalue weighted by Gasteiger charge is -2.35. The Morgan fingerprint density at radius 2 is 1.80 bits per heavy atom. The van der Waals surface area contributed by atoms with E-state index >= 15 is 0 Å². The van der Waals surface area contributed by atoms with Crippen molar-refractivity contribution in [3.05, 3.63) is 11.5 Å². The number of hydrogen-bond donors (Lipinski definition) is 1. The summed E-state index contributed by atoms with van der Waals surface area (Å²) in [6.45, 7) is 8.78. The first-order valence-electron chi connectivity index (χ1n) is 10.6. The summed E-state index contributed by atoms with van der Waals surface area (Å²) in [5.74, 6) is -0.107. The number of likely N-dealkylation sites (tertiary alicyclic amines) is 1. The number of rotatable bonds is 5. The van der Waals surface area contributed by atoms with Gasteiger partial charge in [0.25, 0.3) is 0 Å². The SMILES string of the molecule is Cc1noc(C)c1S(=O)(=O)N1CCCC(C(=O)NC2CCN(C(=O)C(C)C)CC2)C1. The minimum Gasteiger partial charge on any atom is -0.360 e. The Morgan fingerprint density at radius 3 is 2.37 bits per heavy atom. The molecule has 1 aromatic heterocycles. The number of amides is 2. The zero-order valence-corrected chi connectivity index (χ0v) is 19.0. The number of carbonyl (C=O) groups excluding carboxylic acids is 2. The first-order valence-corrected chi connectivity index (χ1v) is 12.1. The van der Waals surface area contributed by atoms with Gasteiger partial charge in [-0.25, -0.2) is 8.42 Å². The molecule has 1 N–H and O–H groups in total. The highest BCUT2D eigenvalue weighted by molar-refractivity contribution is 7.89. The van der Waals surface area contributed by atoms with Gasteiger partial charge in [0.15, 0.2) is 5.76 Å². The predicted octanol–water partition coefficient (Wildman–Crippen LogP) is 1.46. The Morgan fingerprint density at radius 1 is 1.13 bits per heavy atom. The van der Waals surface area contributed by atoms with Crippen molar-refractivity contribution in [3.63, 3.8) is 0 Å². The lowest BCUT2D eigenvalue weighted by atomic mass is 9.97. The molecule has 9 nitrogen and oxygen atoms in total. The molecule has 0 radical (unpaired) electrons. The van der Waals surface area contributed by atoms with Gasteiger partial charge >= 0.3 is 0 Å². The number of hydrogen-bond acceptors (Lipinski definition) is 6. The summed E-state index contributed by atoms with van der Waals surface area (Å²) in [7, 11) is -3.75. The predicted molar refractivity (Wildman–Crippen MR) is 110 cm³/mol. The molecule has 2 aliphatic rings. The molecular formula is C20H32N4O5S. The maximum Gasteiger partial charge on any atom is 0.248 e. The molecule has 10 heteroatoms. The van der Waals surface area contributed by atoms with Crippen LogP contribution < -0.4 is 5.32 Å². The van der Waals surface area contributed by atoms with Crippen molar-refractivity contribution in [2.24, 2.45) is 11.8 Å². The minimum atomic E-state index is -3.75. The van der Waals surface area contributed by atoms with Crippen molar-refractivity contribution in [2.45, 2.75) is 64.3 Å². The van der Waals surface area contributed by atoms with E-state index in [0.717, 1.165) is 12.8 Å². The highest BCUT2D eigenvalue weighted by atomic mass is 32.2. The van der Waals surface area contributed by atoms with Gasteiger partial charge in [-0.3, -0.25) is 9.59 Å². The van der Waals surface area contributed by atoms with Crippen LogP contribution in [-0.4, -0.2) is 66.8 Å². The first kappa shape index (κ1) is 22.7. The molecule has 2 fully saturated rings. The second-order valence-electron chi connectivity index (χ2n) is 8.62. The molecule has 0 bridgehead atoms. The van der Waals surface area contributed by atoms with Crippen LogP contribution in [0.4, 0.5) is 0 Å². The number of nitrogens with zero attached hydrogens (tertiary/aromatic N) is 3. The number of sulfonamides is 1. The van der Waals surface area contributed by atoms with Crippen LogP contribution >= 0.6 is 0 Å². The number of aromatic nitrogens is 1. The third-order valence-corrected chi connectivity index (χ3v) is 8.08. The van der Waals surface area contributed by atoms with Crippen molar-refractivity contribution >= 4 is 21.8 Å². The van der Waals surface area contributed by atoms with Crippen molar-refractivity contribution in [2.75, 3.05) is 26.2 Å². The third kappa shape index (κ3) is 4.69. The van der Waals surface area contributed by atoms with Gasteiger partial charge in [0.05, 0.1) is 5.92 Å². The van der Waals surface area contributed by atoms with Gasteiger partial charge < -0.3 is 14.7 Å². The Labute approximate surface area is 178 Å². The van der Waals surface area contributed by atoms with Gasteiger partial charge in [-0.15, -0.1) is 0 Å². The molecule has 0 aliphatic carbocycles. The Kier molecular flexibility index (Phi) is 6.86. The van der Waals surface area contributed by atoms with Crippen molar-refractivity contribution < 1.29 is 22.5 Å². The number of piperidine rings is 2. The molecule has 2 saturated heterocycles. The van der Waals surface area contributed by atoms with E-state index in [9.17, 15) is 18.0 Å². The van der Waals surface area contributed by atoms with E-state index in [1.165, 1.54) is 4.31 Å². The third-order valence-electron chi connectivity index (χ3n) is 5.97. The van der Waals surface area contributed by atoms with Crippen LogP contribution in [0.3, 0.4) is 0 Å². The Balaban J connectivity index is 1.58. The summed E-state index contributed by atoms with van der Waals surface area (Å²) >= 11 is 0. The van der Waals surface area contributed by atoms with Gasteiger partial charge in [0, 0.05) is 38.1 Å². The second-order valence-corrected chi connectivity index (χ2v) is 10.5. The highest BCUT2D eigenvalue weighted by Gasteiger charge is 2.37. The van der Waals surface area contributed by atoms with Crippen LogP contribution in [0.25, 0.3) is 0 Å². The average molecular weight is 441 g/mol. The fourth-order valence-electron chi connectivity index (χ4n) is 4.28. The Bertz CT molecular complexity index is 868. The molecule has 2 amide bonds. The molecule has 3 heterocycles. The number of carbonyl (C=O) groups is 2. The monoisotopic (exact) mass is 440 g/mol. The summed E-state index contributed by atoms with van der Waals surface area (Å²) in [6, 6.07) is 0.0169. The number of aryl methyl sites for hydroxylation is 2. The molecule has 3 rings (SSSR count). The molecule has 1 aromatic rings. The van der Waals surface area contributed by atoms with Gasteiger partial charge in [-0.1, -0.05) is 19.0 Å². The zero-order valence-electron chi connectivity index (χ0n) is 18.2. The molecule has 168 valence electrons. The van der Waals surface area contributed by atoms with Gasteiger partial charge in [-0.2, -0.15) is 4.31 Å². The van der Waals surface area contributed by atoms with Crippen molar-refractivity contribution in [1.82, 2.24) is 19.7 Å². The zero-order chi connectivity index (χ0) is 22.1. The first-order chi connectivity index (χ1) is 14.1. The Hall–Kier alpha value is -1.94. The van der Waals surface area contributed by atoms with Crippen LogP contribution in [0, 0.1) is 25.7 Å². The second kappa shape index (κ2) is 9.05. The fourth-order valence-corrected chi connectivity index (χ4v) is 6.09. The highest BCUT2D eigenvalue weighted by Crippen LogP contribution is 2.28. The average Bonchev–Trinajstić information content (AvgIpc) is 3.06. The smallest absolute Gasteiger partial charge is 0.248 e. The molecule has 1 atom stereocenters. The molecule has 30 heavy (non-hydrogen) atoms. The van der Waals surface area contributed by atoms with E-state index in [4.69, 9.17) is 4.52 Å². The molecule has 0 spiro atoms. The lowest BCUT2D eigenvalue weighted by molar-refractivity contribution is -0.135. The summed E-state index contributed by atoms with van der Waals surface area (Å²) in [5.41, 5.74) is 0.335. The van der Waals surface area contributed by atoms with Crippen LogP contribution in [0.15, 0.2) is 9.42 Å². The van der Waals surface area contributed by atoms with Crippen LogP contribution in [0.2, 0.25) is 0 Å². The molecule has 0 saturated carbocycles. The number of nitrogens with one attached hydrogen (secondary N) is 1. The fraction of sp³-hybridized carbons (Fsp3) is 0.750. The van der Waals surface area contributed by atoms with Gasteiger partial charge in [-0.05, 0) is 39.5 Å². The molecule has 0 aromatic carbocycles. The van der Waals surface area contributed by atoms with E-state index in [-0.39, 0.29) is 46.9 Å². The maximum atomic E-state index is 13.1. The molecule has 2 aliphatic heterocycles.